The number of benzene rings is 2. The molecule has 4 rings (SSSR count). The molecule has 2 aliphatic rings. The molecule has 0 radical (unpaired) electrons. The fraction of sp³-hybridized carbons (Fsp3) is 0.462. The molecular formula is C26H34N2O2. The molecule has 2 saturated heterocycles. The summed E-state index contributed by atoms with van der Waals surface area (Å²) >= 11 is 0. The molecule has 0 spiro atoms. The predicted octanol–water partition coefficient (Wildman–Crippen LogP) is 4.64. The van der Waals surface area contributed by atoms with Gasteiger partial charge in [-0.2, -0.15) is 0 Å². The van der Waals surface area contributed by atoms with Crippen LogP contribution in [0.4, 0.5) is 0 Å². The van der Waals surface area contributed by atoms with Gasteiger partial charge in [-0.3, -0.25) is 19.4 Å². The second kappa shape index (κ2) is 10.0. The number of imide groups is 1. The second-order valence-electron chi connectivity index (χ2n) is 8.13. The summed E-state index contributed by atoms with van der Waals surface area (Å²) in [5, 5.41) is 0. The van der Waals surface area contributed by atoms with E-state index in [-0.39, 0.29) is 17.7 Å². The van der Waals surface area contributed by atoms with Crippen LogP contribution in [0.25, 0.3) is 0 Å². The molecule has 0 bridgehead atoms. The zero-order valence-electron chi connectivity index (χ0n) is 18.5. The Morgan fingerprint density at radius 1 is 0.900 bits per heavy atom. The zero-order valence-corrected chi connectivity index (χ0v) is 18.5. The van der Waals surface area contributed by atoms with Crippen LogP contribution < -0.4 is 0 Å². The quantitative estimate of drug-likeness (QED) is 0.695. The molecule has 1 unspecified atom stereocenters. The van der Waals surface area contributed by atoms with Crippen molar-refractivity contribution in [1.82, 2.24) is 9.80 Å². The molecule has 4 heteroatoms. The molecule has 2 aromatic carbocycles. The first-order valence-corrected chi connectivity index (χ1v) is 11.2. The summed E-state index contributed by atoms with van der Waals surface area (Å²) < 4.78 is 0. The van der Waals surface area contributed by atoms with Gasteiger partial charge in [0.25, 0.3) is 0 Å². The van der Waals surface area contributed by atoms with Gasteiger partial charge in [0.15, 0.2) is 0 Å². The molecule has 4 nitrogen and oxygen atoms in total. The molecule has 2 heterocycles. The minimum Gasteiger partial charge on any atom is -0.299 e. The normalized spacial score (nSPS) is 23.1. The Bertz CT molecular complexity index is 829. The van der Waals surface area contributed by atoms with Crippen molar-refractivity contribution in [3.05, 3.63) is 71.8 Å². The van der Waals surface area contributed by atoms with Gasteiger partial charge in [-0.15, -0.1) is 0 Å². The number of hydrogen-bond acceptors (Lipinski definition) is 3. The van der Waals surface area contributed by atoms with Gasteiger partial charge in [-0.1, -0.05) is 74.5 Å². The molecule has 0 saturated carbocycles. The first-order chi connectivity index (χ1) is 14.6. The van der Waals surface area contributed by atoms with Crippen LogP contribution in [-0.2, 0) is 21.5 Å². The molecule has 0 aliphatic carbocycles. The lowest BCUT2D eigenvalue weighted by Crippen LogP contribution is -2.57. The number of carbonyl (C=O) groups excluding carboxylic acids is 2. The van der Waals surface area contributed by atoms with Gasteiger partial charge in [0.1, 0.15) is 0 Å². The Morgan fingerprint density at radius 2 is 1.47 bits per heavy atom. The number of amides is 2. The van der Waals surface area contributed by atoms with E-state index in [1.54, 1.807) is 7.05 Å². The number of piperidine rings is 2. The number of rotatable bonds is 4. The third kappa shape index (κ3) is 4.34. The van der Waals surface area contributed by atoms with Gasteiger partial charge in [0.05, 0.1) is 5.41 Å². The van der Waals surface area contributed by atoms with E-state index in [9.17, 15) is 9.59 Å². The summed E-state index contributed by atoms with van der Waals surface area (Å²) in [6.45, 7) is 6.93. The van der Waals surface area contributed by atoms with Crippen LogP contribution in [0, 0.1) is 5.92 Å². The Hall–Kier alpha value is -2.46. The first kappa shape index (κ1) is 22.2. The molecular weight excluding hydrogens is 372 g/mol. The maximum atomic E-state index is 13.4. The third-order valence-electron chi connectivity index (χ3n) is 6.62. The number of nitrogens with zero attached hydrogens (tertiary/aromatic N) is 2. The third-order valence-corrected chi connectivity index (χ3v) is 6.62. The van der Waals surface area contributed by atoms with Gasteiger partial charge in [0, 0.05) is 20.0 Å². The molecule has 2 amide bonds. The highest BCUT2D eigenvalue weighted by molar-refractivity contribution is 6.03. The van der Waals surface area contributed by atoms with Gasteiger partial charge < -0.3 is 0 Å². The number of carbonyl (C=O) groups is 2. The van der Waals surface area contributed by atoms with E-state index in [0.717, 1.165) is 38.0 Å². The Balaban J connectivity index is 0.00000124. The van der Waals surface area contributed by atoms with Crippen LogP contribution in [0.2, 0.25) is 0 Å². The standard InChI is InChI=1S/C24H28N2O2.C2H6/c1-25-22(27)12-15-24(23(25)28,20-10-6-3-7-11-20)21-13-16-26(17-14-21)18-19-8-4-2-5-9-19;1-2/h2-11,21H,12-18H2,1H3;1-2H3. The van der Waals surface area contributed by atoms with E-state index >= 15 is 0 Å². The molecule has 2 aromatic rings. The van der Waals surface area contributed by atoms with Crippen LogP contribution in [0.5, 0.6) is 0 Å². The highest BCUT2D eigenvalue weighted by Gasteiger charge is 2.52. The van der Waals surface area contributed by atoms with Crippen molar-refractivity contribution in [2.75, 3.05) is 20.1 Å². The maximum absolute atomic E-state index is 13.4. The van der Waals surface area contributed by atoms with E-state index < -0.39 is 5.41 Å². The summed E-state index contributed by atoms with van der Waals surface area (Å²) in [5.41, 5.74) is 1.83. The molecule has 1 atom stereocenters. The second-order valence-corrected chi connectivity index (χ2v) is 8.13. The van der Waals surface area contributed by atoms with E-state index in [2.05, 4.69) is 41.3 Å². The number of likely N-dealkylation sites (N-methyl/N-ethyl adjacent to an activating group) is 1. The largest absolute Gasteiger partial charge is 0.299 e. The van der Waals surface area contributed by atoms with Crippen molar-refractivity contribution in [3.63, 3.8) is 0 Å². The van der Waals surface area contributed by atoms with Gasteiger partial charge in [-0.25, -0.2) is 0 Å². The van der Waals surface area contributed by atoms with Crippen LogP contribution >= 0.6 is 0 Å². The average molecular weight is 407 g/mol. The minimum absolute atomic E-state index is 0.0172. The van der Waals surface area contributed by atoms with Gasteiger partial charge in [-0.05, 0) is 49.4 Å². The van der Waals surface area contributed by atoms with Crippen LogP contribution in [0.3, 0.4) is 0 Å². The van der Waals surface area contributed by atoms with Crippen molar-refractivity contribution in [1.29, 1.82) is 0 Å². The van der Waals surface area contributed by atoms with Gasteiger partial charge in [0.2, 0.25) is 11.8 Å². The summed E-state index contributed by atoms with van der Waals surface area (Å²) in [6, 6.07) is 20.7. The summed E-state index contributed by atoms with van der Waals surface area (Å²) in [4.78, 5) is 29.4. The molecule has 0 N–H and O–H groups in total. The fourth-order valence-corrected chi connectivity index (χ4v) is 5.03. The Labute approximate surface area is 180 Å². The smallest absolute Gasteiger partial charge is 0.239 e. The van der Waals surface area contributed by atoms with Crippen LogP contribution in [0.15, 0.2) is 60.7 Å². The Morgan fingerprint density at radius 3 is 2.07 bits per heavy atom. The molecule has 160 valence electrons. The molecule has 0 aromatic heterocycles. The highest BCUT2D eigenvalue weighted by Crippen LogP contribution is 2.46. The summed E-state index contributed by atoms with van der Waals surface area (Å²) in [6.07, 6.45) is 3.04. The first-order valence-electron chi connectivity index (χ1n) is 11.2. The number of hydrogen-bond donors (Lipinski definition) is 0. The predicted molar refractivity (Wildman–Crippen MR) is 121 cm³/mol. The lowest BCUT2D eigenvalue weighted by Gasteiger charge is -2.47. The average Bonchev–Trinajstić information content (AvgIpc) is 2.81. The number of likely N-dealkylation sites (tertiary alicyclic amines) is 2. The SMILES string of the molecule is CC.CN1C(=O)CCC(c2ccccc2)(C2CCN(Cc3ccccc3)CC2)C1=O. The highest BCUT2D eigenvalue weighted by atomic mass is 16.2. The van der Waals surface area contributed by atoms with Crippen molar-refractivity contribution >= 4 is 11.8 Å². The van der Waals surface area contributed by atoms with Gasteiger partial charge >= 0.3 is 0 Å². The van der Waals surface area contributed by atoms with Crippen molar-refractivity contribution in [3.8, 4) is 0 Å². The fourth-order valence-electron chi connectivity index (χ4n) is 5.03. The van der Waals surface area contributed by atoms with Crippen molar-refractivity contribution in [2.24, 2.45) is 5.92 Å². The van der Waals surface area contributed by atoms with Crippen molar-refractivity contribution < 1.29 is 9.59 Å². The summed E-state index contributed by atoms with van der Waals surface area (Å²) in [5.74, 6) is 0.194. The maximum Gasteiger partial charge on any atom is 0.239 e. The van der Waals surface area contributed by atoms with Crippen LogP contribution in [0.1, 0.15) is 50.7 Å². The van der Waals surface area contributed by atoms with Crippen LogP contribution in [-0.4, -0.2) is 41.8 Å². The van der Waals surface area contributed by atoms with Crippen molar-refractivity contribution in [2.45, 2.75) is 51.5 Å². The summed E-state index contributed by atoms with van der Waals surface area (Å²) in [7, 11) is 1.64. The van der Waals surface area contributed by atoms with E-state index in [1.807, 2.05) is 38.1 Å². The molecule has 2 fully saturated rings. The minimum atomic E-state index is -0.567. The van der Waals surface area contributed by atoms with E-state index in [1.165, 1.54) is 10.5 Å². The topological polar surface area (TPSA) is 40.6 Å². The lowest BCUT2D eigenvalue weighted by molar-refractivity contribution is -0.154. The monoisotopic (exact) mass is 406 g/mol. The molecule has 2 aliphatic heterocycles. The van der Waals surface area contributed by atoms with E-state index in [4.69, 9.17) is 0 Å². The zero-order chi connectivity index (χ0) is 21.6. The van der Waals surface area contributed by atoms with E-state index in [0.29, 0.717) is 12.8 Å². The lowest BCUT2D eigenvalue weighted by atomic mass is 9.62. The molecule has 30 heavy (non-hydrogen) atoms. The Kier molecular flexibility index (Phi) is 7.43.